The summed E-state index contributed by atoms with van der Waals surface area (Å²) < 4.78 is 29.6. The van der Waals surface area contributed by atoms with Gasteiger partial charge in [-0.15, -0.1) is 0 Å². The van der Waals surface area contributed by atoms with Gasteiger partial charge < -0.3 is 28.6 Å². The van der Waals surface area contributed by atoms with Gasteiger partial charge in [-0.3, -0.25) is 9.59 Å². The quantitative estimate of drug-likeness (QED) is 0.0439. The number of ether oxygens (including phenoxy) is 5. The molecule has 0 aromatic rings. The lowest BCUT2D eigenvalue weighted by molar-refractivity contribution is -0.150. The minimum atomic E-state index is -0.629. The predicted octanol–water partition coefficient (Wildman–Crippen LogP) is 16.6. The van der Waals surface area contributed by atoms with Gasteiger partial charge in [0.2, 0.25) is 0 Å². The van der Waals surface area contributed by atoms with Gasteiger partial charge in [0.1, 0.15) is 12.2 Å². The molecule has 0 heterocycles. The predicted molar refractivity (Wildman–Crippen MR) is 273 cm³/mol. The number of carbonyl (C=O) groups excluding carboxylic acids is 3. The van der Waals surface area contributed by atoms with Gasteiger partial charge in [0.05, 0.1) is 13.2 Å². The lowest BCUT2D eigenvalue weighted by atomic mass is 10.0. The zero-order chi connectivity index (χ0) is 47.7. The van der Waals surface area contributed by atoms with Crippen molar-refractivity contribution < 1.29 is 38.1 Å². The van der Waals surface area contributed by atoms with Gasteiger partial charge >= 0.3 is 12.1 Å². The van der Waals surface area contributed by atoms with Crippen LogP contribution in [-0.2, 0) is 33.3 Å². The fourth-order valence-corrected chi connectivity index (χ4v) is 8.52. The number of likely N-dealkylation sites (N-methyl/N-ethyl adjacent to an activating group) is 1. The number of carbonyl (C=O) groups is 3. The summed E-state index contributed by atoms with van der Waals surface area (Å²) in [5.41, 5.74) is 0. The largest absolute Gasteiger partial charge is 0.508 e. The maximum Gasteiger partial charge on any atom is 0.508 e. The number of hydrogen-bond acceptors (Lipinski definition) is 8. The smallest absolute Gasteiger partial charge is 0.462 e. The highest BCUT2D eigenvalue weighted by Crippen LogP contribution is 2.19. The Morgan fingerprint density at radius 2 is 0.815 bits per heavy atom. The molecule has 0 aromatic carbocycles. The molecule has 65 heavy (non-hydrogen) atoms. The Morgan fingerprint density at radius 1 is 0.415 bits per heavy atom. The van der Waals surface area contributed by atoms with Gasteiger partial charge in [-0.1, -0.05) is 182 Å². The van der Waals surface area contributed by atoms with E-state index in [0.717, 1.165) is 116 Å². The van der Waals surface area contributed by atoms with E-state index >= 15 is 0 Å². The van der Waals surface area contributed by atoms with Crippen LogP contribution < -0.4 is 0 Å². The maximum absolute atomic E-state index is 13.7. The topological polar surface area (TPSA) is 101 Å². The lowest BCUT2D eigenvalue weighted by Gasteiger charge is -2.26. The van der Waals surface area contributed by atoms with Gasteiger partial charge in [0.25, 0.3) is 5.91 Å². The van der Waals surface area contributed by atoms with Crippen LogP contribution in [-0.4, -0.2) is 80.8 Å². The third kappa shape index (κ3) is 42.0. The van der Waals surface area contributed by atoms with Crippen LogP contribution in [0.25, 0.3) is 0 Å². The lowest BCUT2D eigenvalue weighted by Crippen LogP contribution is -2.43. The van der Waals surface area contributed by atoms with Crippen LogP contribution in [0.1, 0.15) is 286 Å². The van der Waals surface area contributed by atoms with Gasteiger partial charge in [0.15, 0.2) is 6.10 Å². The highest BCUT2D eigenvalue weighted by Gasteiger charge is 2.25. The second-order valence-corrected chi connectivity index (χ2v) is 19.1. The SMILES string of the molecule is CCCCCCCCC(CCCCCC)OC(=O)CCCCCOCC(OCCCCCCOC(=O)OC(CCCCCC)CCCCCCCC)C(=O)N(CC)CCCCCCCC. The average molecular weight is 924 g/mol. The van der Waals surface area contributed by atoms with E-state index in [2.05, 4.69) is 34.6 Å². The third-order valence-electron chi connectivity index (χ3n) is 12.8. The van der Waals surface area contributed by atoms with Crippen LogP contribution in [0.2, 0.25) is 0 Å². The third-order valence-corrected chi connectivity index (χ3v) is 12.8. The van der Waals surface area contributed by atoms with Crippen LogP contribution in [0.15, 0.2) is 0 Å². The summed E-state index contributed by atoms with van der Waals surface area (Å²) in [6, 6.07) is 0. The van der Waals surface area contributed by atoms with E-state index in [4.69, 9.17) is 23.7 Å². The van der Waals surface area contributed by atoms with E-state index in [0.29, 0.717) is 32.8 Å². The highest BCUT2D eigenvalue weighted by molar-refractivity contribution is 5.81. The molecule has 0 radical (unpaired) electrons. The molecule has 0 aliphatic heterocycles. The number of esters is 1. The fourth-order valence-electron chi connectivity index (χ4n) is 8.52. The van der Waals surface area contributed by atoms with Crippen LogP contribution in [0.3, 0.4) is 0 Å². The van der Waals surface area contributed by atoms with Crippen LogP contribution in [0.5, 0.6) is 0 Å². The molecule has 0 aliphatic rings. The summed E-state index contributed by atoms with van der Waals surface area (Å²) in [5.74, 6) is -0.0479. The minimum Gasteiger partial charge on any atom is -0.462 e. The van der Waals surface area contributed by atoms with Crippen molar-refractivity contribution in [1.29, 1.82) is 0 Å². The Bertz CT molecular complexity index is 1030. The number of hydrogen-bond donors (Lipinski definition) is 0. The zero-order valence-corrected chi connectivity index (χ0v) is 44.1. The number of unbranched alkanes of at least 4 members (excludes halogenated alkanes) is 26. The van der Waals surface area contributed by atoms with E-state index in [1.54, 1.807) is 0 Å². The van der Waals surface area contributed by atoms with Crippen molar-refractivity contribution >= 4 is 18.0 Å². The van der Waals surface area contributed by atoms with Gasteiger partial charge in [-0.05, 0) is 96.8 Å². The van der Waals surface area contributed by atoms with E-state index in [9.17, 15) is 14.4 Å². The Labute approximate surface area is 403 Å². The van der Waals surface area contributed by atoms with Crippen molar-refractivity contribution in [3.63, 3.8) is 0 Å². The highest BCUT2D eigenvalue weighted by atomic mass is 16.7. The van der Waals surface area contributed by atoms with Crippen molar-refractivity contribution in [2.24, 2.45) is 0 Å². The van der Waals surface area contributed by atoms with Crippen molar-refractivity contribution in [2.45, 2.75) is 304 Å². The molecule has 9 heteroatoms. The Kier molecular flexibility index (Phi) is 48.6. The van der Waals surface area contributed by atoms with Crippen LogP contribution in [0.4, 0.5) is 4.79 Å². The van der Waals surface area contributed by atoms with Crippen molar-refractivity contribution in [1.82, 2.24) is 4.90 Å². The average Bonchev–Trinajstić information content (AvgIpc) is 3.30. The molecule has 386 valence electrons. The molecule has 9 nitrogen and oxygen atoms in total. The molecule has 0 bridgehead atoms. The van der Waals surface area contributed by atoms with Crippen LogP contribution >= 0.6 is 0 Å². The van der Waals surface area contributed by atoms with Gasteiger partial charge in [-0.25, -0.2) is 4.79 Å². The molecule has 0 saturated heterocycles. The Morgan fingerprint density at radius 3 is 1.32 bits per heavy atom. The molecular formula is C56H109NO8. The summed E-state index contributed by atoms with van der Waals surface area (Å²) >= 11 is 0. The maximum atomic E-state index is 13.7. The van der Waals surface area contributed by atoms with E-state index in [1.165, 1.54) is 128 Å². The minimum absolute atomic E-state index is 0.0149. The summed E-state index contributed by atoms with van der Waals surface area (Å²) in [7, 11) is 0. The van der Waals surface area contributed by atoms with E-state index in [-0.39, 0.29) is 30.7 Å². The fraction of sp³-hybridized carbons (Fsp3) is 0.946. The molecule has 0 rings (SSSR count). The van der Waals surface area contributed by atoms with Crippen molar-refractivity contribution in [2.75, 3.05) is 39.5 Å². The monoisotopic (exact) mass is 924 g/mol. The summed E-state index contributed by atoms with van der Waals surface area (Å²) in [5, 5.41) is 0. The molecule has 0 saturated carbocycles. The Hall–Kier alpha value is -1.87. The zero-order valence-electron chi connectivity index (χ0n) is 44.1. The molecule has 1 amide bonds. The molecule has 0 aliphatic carbocycles. The van der Waals surface area contributed by atoms with E-state index < -0.39 is 12.3 Å². The first-order valence-electron chi connectivity index (χ1n) is 28.4. The summed E-state index contributed by atoms with van der Waals surface area (Å²) in [6.07, 6.45) is 40.6. The molecule has 0 N–H and O–H groups in total. The summed E-state index contributed by atoms with van der Waals surface area (Å²) in [6.45, 7) is 16.2. The first kappa shape index (κ1) is 63.1. The molecule has 0 fully saturated rings. The van der Waals surface area contributed by atoms with Crippen LogP contribution in [0, 0.1) is 0 Å². The second kappa shape index (κ2) is 50.0. The molecule has 0 spiro atoms. The molecular weight excluding hydrogens is 815 g/mol. The molecule has 0 aromatic heterocycles. The van der Waals surface area contributed by atoms with Gasteiger partial charge in [0, 0.05) is 32.7 Å². The summed E-state index contributed by atoms with van der Waals surface area (Å²) in [4.78, 5) is 41.1. The Balaban J connectivity index is 4.82. The number of rotatable bonds is 51. The second-order valence-electron chi connectivity index (χ2n) is 19.1. The number of nitrogens with zero attached hydrogens (tertiary/aromatic N) is 1. The molecule has 3 unspecified atom stereocenters. The first-order chi connectivity index (χ1) is 31.9. The van der Waals surface area contributed by atoms with Gasteiger partial charge in [-0.2, -0.15) is 0 Å². The number of amides is 1. The van der Waals surface area contributed by atoms with Crippen molar-refractivity contribution in [3.05, 3.63) is 0 Å². The normalized spacial score (nSPS) is 12.8. The van der Waals surface area contributed by atoms with E-state index in [1.807, 2.05) is 11.8 Å². The molecule has 3 atom stereocenters. The first-order valence-corrected chi connectivity index (χ1v) is 28.4. The standard InChI is InChI=1S/C56H109NO8/c1-7-13-18-23-26-34-42-51(41-32-21-16-10-4)64-54(58)45-36-31-38-47-61-50-53(55(59)57(12-6)46-37-28-25-20-15-9-3)62-48-39-29-30-40-49-63-56(60)65-52(43-33-22-17-11-5)44-35-27-24-19-14-8-2/h51-53H,7-50H2,1-6H3. The van der Waals surface area contributed by atoms with Crippen molar-refractivity contribution in [3.8, 4) is 0 Å².